The van der Waals surface area contributed by atoms with Gasteiger partial charge in [-0.05, 0) is 73.5 Å². The SMILES string of the molecule is CC=O.CNc1ccc(S(=O)(=O)Nc2nc3ccccc3nc2Nc2cccc(SN)c2)cc1. The number of aromatic nitrogens is 2. The van der Waals surface area contributed by atoms with E-state index in [2.05, 4.69) is 25.3 Å². The Morgan fingerprint density at radius 2 is 1.50 bits per heavy atom. The van der Waals surface area contributed by atoms with E-state index in [1.165, 1.54) is 19.1 Å². The first kappa shape index (κ1) is 25.0. The molecule has 4 aromatic rings. The van der Waals surface area contributed by atoms with Gasteiger partial charge in [0.2, 0.25) is 0 Å². The summed E-state index contributed by atoms with van der Waals surface area (Å²) < 4.78 is 28.6. The van der Waals surface area contributed by atoms with Gasteiger partial charge in [0, 0.05) is 23.3 Å². The first-order chi connectivity index (χ1) is 16.4. The minimum absolute atomic E-state index is 0.0993. The van der Waals surface area contributed by atoms with E-state index in [0.717, 1.165) is 28.8 Å². The number of nitrogens with zero attached hydrogens (tertiary/aromatic N) is 2. The maximum atomic E-state index is 13.0. The van der Waals surface area contributed by atoms with E-state index < -0.39 is 10.0 Å². The zero-order valence-corrected chi connectivity index (χ0v) is 20.2. The van der Waals surface area contributed by atoms with E-state index >= 15 is 0 Å². The van der Waals surface area contributed by atoms with Crippen LogP contribution in [0.15, 0.2) is 82.6 Å². The number of carbonyl (C=O) groups is 1. The van der Waals surface area contributed by atoms with Crippen molar-refractivity contribution in [3.8, 4) is 0 Å². The van der Waals surface area contributed by atoms with Crippen molar-refractivity contribution in [1.82, 2.24) is 9.97 Å². The molecule has 0 saturated carbocycles. The molecule has 0 bridgehead atoms. The Balaban J connectivity index is 0.00000103. The highest BCUT2D eigenvalue weighted by Gasteiger charge is 2.19. The molecule has 11 heteroatoms. The Labute approximate surface area is 202 Å². The molecule has 0 amide bonds. The Morgan fingerprint density at radius 1 is 0.882 bits per heavy atom. The lowest BCUT2D eigenvalue weighted by Crippen LogP contribution is -2.16. The van der Waals surface area contributed by atoms with Gasteiger partial charge in [0.25, 0.3) is 10.0 Å². The van der Waals surface area contributed by atoms with Gasteiger partial charge in [-0.2, -0.15) is 0 Å². The van der Waals surface area contributed by atoms with Crippen molar-refractivity contribution in [2.75, 3.05) is 22.4 Å². The fourth-order valence-electron chi connectivity index (χ4n) is 2.93. The minimum atomic E-state index is -3.88. The van der Waals surface area contributed by atoms with Gasteiger partial charge in [-0.1, -0.05) is 18.2 Å². The molecule has 0 saturated heterocycles. The molecular weight excluding hydrogens is 472 g/mol. The molecule has 0 aliphatic heterocycles. The molecule has 0 unspecified atom stereocenters. The lowest BCUT2D eigenvalue weighted by Gasteiger charge is -2.14. The van der Waals surface area contributed by atoms with Gasteiger partial charge >= 0.3 is 0 Å². The van der Waals surface area contributed by atoms with Gasteiger partial charge < -0.3 is 15.4 Å². The number of anilines is 4. The molecular formula is C23H24N6O3S2. The van der Waals surface area contributed by atoms with Crippen LogP contribution in [0.5, 0.6) is 0 Å². The monoisotopic (exact) mass is 496 g/mol. The summed E-state index contributed by atoms with van der Waals surface area (Å²) in [5.41, 5.74) is 2.72. The topological polar surface area (TPSA) is 139 Å². The molecule has 4 rings (SSSR count). The van der Waals surface area contributed by atoms with E-state index in [1.807, 2.05) is 42.5 Å². The summed E-state index contributed by atoms with van der Waals surface area (Å²) in [5, 5.41) is 11.8. The zero-order chi connectivity index (χ0) is 24.6. The van der Waals surface area contributed by atoms with Crippen molar-refractivity contribution >= 4 is 62.3 Å². The van der Waals surface area contributed by atoms with Crippen LogP contribution in [0.25, 0.3) is 11.0 Å². The van der Waals surface area contributed by atoms with Crippen LogP contribution in [-0.4, -0.2) is 31.7 Å². The van der Waals surface area contributed by atoms with Gasteiger partial charge in [0.1, 0.15) is 6.29 Å². The van der Waals surface area contributed by atoms with Crippen LogP contribution < -0.4 is 20.5 Å². The minimum Gasteiger partial charge on any atom is -0.388 e. The molecule has 1 heterocycles. The largest absolute Gasteiger partial charge is 0.388 e. The Hall–Kier alpha value is -3.67. The van der Waals surface area contributed by atoms with Crippen molar-refractivity contribution in [3.05, 3.63) is 72.8 Å². The number of rotatable bonds is 7. The van der Waals surface area contributed by atoms with Gasteiger partial charge in [0.15, 0.2) is 11.6 Å². The number of benzene rings is 3. The molecule has 0 fully saturated rings. The molecule has 34 heavy (non-hydrogen) atoms. The highest BCUT2D eigenvalue weighted by atomic mass is 32.2. The highest BCUT2D eigenvalue weighted by Crippen LogP contribution is 2.28. The summed E-state index contributed by atoms with van der Waals surface area (Å²) in [6, 6.07) is 21.1. The number of nitrogens with two attached hydrogens (primary N) is 1. The van der Waals surface area contributed by atoms with Crippen molar-refractivity contribution in [2.24, 2.45) is 5.14 Å². The van der Waals surface area contributed by atoms with Gasteiger partial charge in [-0.25, -0.2) is 18.4 Å². The normalized spacial score (nSPS) is 10.7. The van der Waals surface area contributed by atoms with Crippen LogP contribution in [0, 0.1) is 0 Å². The first-order valence-corrected chi connectivity index (χ1v) is 12.5. The van der Waals surface area contributed by atoms with E-state index in [0.29, 0.717) is 16.7 Å². The van der Waals surface area contributed by atoms with Crippen molar-refractivity contribution in [3.63, 3.8) is 0 Å². The second-order valence-electron chi connectivity index (χ2n) is 6.80. The van der Waals surface area contributed by atoms with E-state index in [4.69, 9.17) is 9.93 Å². The van der Waals surface area contributed by atoms with E-state index in [1.54, 1.807) is 25.2 Å². The van der Waals surface area contributed by atoms with Crippen LogP contribution in [0.4, 0.5) is 23.0 Å². The third kappa shape index (κ3) is 6.22. The summed E-state index contributed by atoms with van der Waals surface area (Å²) in [6.07, 6.45) is 0.750. The highest BCUT2D eigenvalue weighted by molar-refractivity contribution is 7.97. The number of aldehydes is 1. The number of sulfonamides is 1. The first-order valence-electron chi connectivity index (χ1n) is 10.1. The van der Waals surface area contributed by atoms with Crippen LogP contribution in [-0.2, 0) is 14.8 Å². The third-order valence-electron chi connectivity index (χ3n) is 4.49. The molecule has 0 aliphatic carbocycles. The Morgan fingerprint density at radius 3 is 2.09 bits per heavy atom. The lowest BCUT2D eigenvalue weighted by atomic mass is 10.3. The summed E-state index contributed by atoms with van der Waals surface area (Å²) in [6.45, 7) is 1.44. The quantitative estimate of drug-likeness (QED) is 0.217. The smallest absolute Gasteiger partial charge is 0.263 e. The zero-order valence-electron chi connectivity index (χ0n) is 18.5. The molecule has 5 N–H and O–H groups in total. The number of nitrogens with one attached hydrogen (secondary N) is 3. The van der Waals surface area contributed by atoms with Crippen LogP contribution in [0.3, 0.4) is 0 Å². The maximum Gasteiger partial charge on any atom is 0.263 e. The molecule has 3 aromatic carbocycles. The number of hydrogen-bond acceptors (Lipinski definition) is 9. The van der Waals surface area contributed by atoms with Gasteiger partial charge in [0.05, 0.1) is 15.9 Å². The van der Waals surface area contributed by atoms with E-state index in [-0.39, 0.29) is 16.5 Å². The Bertz CT molecular complexity index is 1380. The fraction of sp³-hybridized carbons (Fsp3) is 0.0870. The lowest BCUT2D eigenvalue weighted by molar-refractivity contribution is -0.106. The van der Waals surface area contributed by atoms with Crippen molar-refractivity contribution in [1.29, 1.82) is 0 Å². The molecule has 0 atom stereocenters. The van der Waals surface area contributed by atoms with Gasteiger partial charge in [-0.15, -0.1) is 0 Å². The number of hydrogen-bond donors (Lipinski definition) is 4. The van der Waals surface area contributed by atoms with Crippen LogP contribution in [0.1, 0.15) is 6.92 Å². The second kappa shape index (κ2) is 11.5. The second-order valence-corrected chi connectivity index (χ2v) is 9.19. The summed E-state index contributed by atoms with van der Waals surface area (Å²) in [4.78, 5) is 18.9. The van der Waals surface area contributed by atoms with Gasteiger partial charge in [-0.3, -0.25) is 9.86 Å². The molecule has 0 spiro atoms. The molecule has 1 aromatic heterocycles. The number of para-hydroxylation sites is 2. The predicted octanol–water partition coefficient (Wildman–Crippen LogP) is 4.39. The molecule has 0 radical (unpaired) electrons. The number of fused-ring (bicyclic) bond motifs is 1. The third-order valence-corrected chi connectivity index (χ3v) is 6.37. The Kier molecular flexibility index (Phi) is 8.41. The van der Waals surface area contributed by atoms with Crippen LogP contribution >= 0.6 is 11.9 Å². The molecule has 176 valence electrons. The van der Waals surface area contributed by atoms with Crippen molar-refractivity contribution < 1.29 is 13.2 Å². The summed E-state index contributed by atoms with van der Waals surface area (Å²) in [7, 11) is -2.11. The maximum absolute atomic E-state index is 13.0. The fourth-order valence-corrected chi connectivity index (χ4v) is 4.29. The summed E-state index contributed by atoms with van der Waals surface area (Å²) in [5.74, 6) is 0.385. The average molecular weight is 497 g/mol. The molecule has 0 aliphatic rings. The predicted molar refractivity (Wildman–Crippen MR) is 138 cm³/mol. The number of carbonyl (C=O) groups excluding carboxylic acids is 1. The standard InChI is InChI=1S/C21H20N6O2S2.C2H4O/c1-23-14-9-11-17(12-10-14)31(28,29)27-21-20(24-15-5-4-6-16(13-15)30-22)25-18-7-2-3-8-19(18)26-21;1-2-3/h2-13,23H,22H2,1H3,(H,24,25)(H,26,27);2H,1H3. The average Bonchev–Trinajstić information content (AvgIpc) is 2.85. The van der Waals surface area contributed by atoms with Crippen molar-refractivity contribution in [2.45, 2.75) is 16.7 Å². The van der Waals surface area contributed by atoms with E-state index in [9.17, 15) is 8.42 Å². The molecule has 9 nitrogen and oxygen atoms in total. The summed E-state index contributed by atoms with van der Waals surface area (Å²) >= 11 is 1.12. The van der Waals surface area contributed by atoms with Crippen LogP contribution in [0.2, 0.25) is 0 Å².